The zero-order valence-electron chi connectivity index (χ0n) is 11.3. The van der Waals surface area contributed by atoms with Crippen molar-refractivity contribution >= 4 is 11.2 Å². The molecule has 1 saturated carbocycles. The summed E-state index contributed by atoms with van der Waals surface area (Å²) in [6.07, 6.45) is 6.57. The van der Waals surface area contributed by atoms with Crippen molar-refractivity contribution in [1.82, 2.24) is 19.9 Å². The number of nitrogens with one attached hydrogen (secondary N) is 3. The number of aromatic nitrogens is 4. The highest BCUT2D eigenvalue weighted by molar-refractivity contribution is 5.69. The van der Waals surface area contributed by atoms with Gasteiger partial charge < -0.3 is 10.7 Å². The first-order chi connectivity index (χ1) is 9.64. The van der Waals surface area contributed by atoms with Crippen molar-refractivity contribution in [2.75, 3.05) is 6.54 Å². The van der Waals surface area contributed by atoms with Gasteiger partial charge in [-0.25, -0.2) is 9.78 Å². The summed E-state index contributed by atoms with van der Waals surface area (Å²) in [6, 6.07) is 0. The Bertz CT molecular complexity index is 718. The van der Waals surface area contributed by atoms with Crippen LogP contribution in [0.3, 0.4) is 0 Å². The van der Waals surface area contributed by atoms with Crippen LogP contribution in [0.2, 0.25) is 0 Å². The first kappa shape index (κ1) is 13.1. The van der Waals surface area contributed by atoms with Crippen molar-refractivity contribution in [3.8, 4) is 0 Å². The average molecular weight is 277 g/mol. The molecule has 2 heterocycles. The maximum absolute atomic E-state index is 11.8. The molecule has 0 saturated heterocycles. The Balaban J connectivity index is 2.14. The smallest absolute Gasteiger partial charge is 0.327 e. The van der Waals surface area contributed by atoms with E-state index in [1.165, 1.54) is 12.8 Å². The van der Waals surface area contributed by atoms with Crippen LogP contribution in [0.5, 0.6) is 0 Å². The highest BCUT2D eigenvalue weighted by atomic mass is 16.2. The van der Waals surface area contributed by atoms with E-state index in [4.69, 9.17) is 5.73 Å². The van der Waals surface area contributed by atoms with Crippen LogP contribution in [0.15, 0.2) is 9.59 Å². The fourth-order valence-electron chi connectivity index (χ4n) is 3.13. The number of H-pyrrole nitrogens is 3. The second kappa shape index (κ2) is 4.90. The number of rotatable bonds is 2. The van der Waals surface area contributed by atoms with E-state index in [2.05, 4.69) is 19.9 Å². The molecule has 5 N–H and O–H groups in total. The summed E-state index contributed by atoms with van der Waals surface area (Å²) in [6.45, 7) is 0.495. The van der Waals surface area contributed by atoms with E-state index in [9.17, 15) is 9.59 Å². The van der Waals surface area contributed by atoms with E-state index < -0.39 is 11.2 Å². The van der Waals surface area contributed by atoms with Crippen molar-refractivity contribution in [2.24, 2.45) is 5.73 Å². The Hall–Kier alpha value is -1.89. The van der Waals surface area contributed by atoms with Crippen LogP contribution in [0.25, 0.3) is 11.2 Å². The molecule has 108 valence electrons. The van der Waals surface area contributed by atoms with Gasteiger partial charge in [0.05, 0.1) is 0 Å². The van der Waals surface area contributed by atoms with Gasteiger partial charge in [-0.1, -0.05) is 25.7 Å². The molecule has 2 aromatic heterocycles. The summed E-state index contributed by atoms with van der Waals surface area (Å²) in [5.74, 6) is 0.726. The van der Waals surface area contributed by atoms with Crippen LogP contribution in [-0.4, -0.2) is 26.5 Å². The van der Waals surface area contributed by atoms with E-state index in [0.29, 0.717) is 17.7 Å². The van der Waals surface area contributed by atoms with E-state index in [1.54, 1.807) is 0 Å². The lowest BCUT2D eigenvalue weighted by Gasteiger charge is -2.28. The molecule has 0 aromatic carbocycles. The quantitative estimate of drug-likeness (QED) is 0.597. The SMILES string of the molecule is NCC1(c2nc3[nH]c(=O)[nH]c(=O)c3[nH]2)CCCCCC1. The standard InChI is InChI=1S/C13H19N5O2/c14-7-13(5-3-1-2-4-6-13)11-15-8-9(16-11)17-12(20)18-10(8)19/h1-7,14H2,(H3,15,16,17,18,19,20). The van der Waals surface area contributed by atoms with Gasteiger partial charge in [-0.05, 0) is 12.8 Å². The van der Waals surface area contributed by atoms with Crippen LogP contribution < -0.4 is 17.0 Å². The summed E-state index contributed by atoms with van der Waals surface area (Å²) >= 11 is 0. The highest BCUT2D eigenvalue weighted by Crippen LogP contribution is 2.36. The first-order valence-electron chi connectivity index (χ1n) is 7.07. The predicted molar refractivity (Wildman–Crippen MR) is 75.8 cm³/mol. The second-order valence-electron chi connectivity index (χ2n) is 5.62. The van der Waals surface area contributed by atoms with Gasteiger partial charge in [0.15, 0.2) is 5.65 Å². The molecule has 1 aliphatic carbocycles. The van der Waals surface area contributed by atoms with Gasteiger partial charge in [-0.15, -0.1) is 0 Å². The predicted octanol–water partition coefficient (Wildman–Crippen LogP) is 0.490. The summed E-state index contributed by atoms with van der Waals surface area (Å²) in [4.78, 5) is 35.3. The van der Waals surface area contributed by atoms with Crippen LogP contribution in [0.4, 0.5) is 0 Å². The molecule has 3 rings (SSSR count). The van der Waals surface area contributed by atoms with Crippen LogP contribution in [-0.2, 0) is 5.41 Å². The lowest BCUT2D eigenvalue weighted by Crippen LogP contribution is -2.35. The van der Waals surface area contributed by atoms with Crippen molar-refractivity contribution in [3.05, 3.63) is 26.7 Å². The maximum atomic E-state index is 11.8. The highest BCUT2D eigenvalue weighted by Gasteiger charge is 2.34. The largest absolute Gasteiger partial charge is 0.336 e. The van der Waals surface area contributed by atoms with Crippen LogP contribution >= 0.6 is 0 Å². The van der Waals surface area contributed by atoms with Crippen molar-refractivity contribution in [3.63, 3.8) is 0 Å². The molecular weight excluding hydrogens is 258 g/mol. The molecule has 7 heteroatoms. The van der Waals surface area contributed by atoms with Gasteiger partial charge in [0.2, 0.25) is 0 Å². The Labute approximate surface area is 115 Å². The van der Waals surface area contributed by atoms with Crippen molar-refractivity contribution in [2.45, 2.75) is 43.9 Å². The van der Waals surface area contributed by atoms with Gasteiger partial charge in [-0.2, -0.15) is 0 Å². The molecule has 2 aromatic rings. The van der Waals surface area contributed by atoms with Crippen LogP contribution in [0, 0.1) is 0 Å². The molecule has 0 amide bonds. The minimum absolute atomic E-state index is 0.209. The Morgan fingerprint density at radius 3 is 2.40 bits per heavy atom. The Kier molecular flexibility index (Phi) is 3.21. The molecule has 0 unspecified atom stereocenters. The molecule has 0 aliphatic heterocycles. The summed E-state index contributed by atoms with van der Waals surface area (Å²) < 4.78 is 0. The number of hydrogen-bond donors (Lipinski definition) is 4. The molecule has 0 atom stereocenters. The molecule has 7 nitrogen and oxygen atoms in total. The third kappa shape index (κ3) is 2.07. The fraction of sp³-hybridized carbons (Fsp3) is 0.615. The zero-order valence-corrected chi connectivity index (χ0v) is 11.3. The van der Waals surface area contributed by atoms with E-state index in [1.807, 2.05) is 0 Å². The number of nitrogens with two attached hydrogens (primary N) is 1. The molecule has 0 spiro atoms. The zero-order chi connectivity index (χ0) is 14.2. The monoisotopic (exact) mass is 277 g/mol. The van der Waals surface area contributed by atoms with E-state index >= 15 is 0 Å². The molecule has 20 heavy (non-hydrogen) atoms. The normalized spacial score (nSPS) is 19.1. The minimum Gasteiger partial charge on any atom is -0.336 e. The van der Waals surface area contributed by atoms with Gasteiger partial charge in [0.1, 0.15) is 11.3 Å². The number of hydrogen-bond acceptors (Lipinski definition) is 4. The molecule has 1 fully saturated rings. The number of imidazole rings is 1. The van der Waals surface area contributed by atoms with E-state index in [0.717, 1.165) is 31.5 Å². The maximum Gasteiger partial charge on any atom is 0.327 e. The lowest BCUT2D eigenvalue weighted by atomic mass is 9.79. The average Bonchev–Trinajstić information content (AvgIpc) is 2.71. The van der Waals surface area contributed by atoms with Gasteiger partial charge in [-0.3, -0.25) is 14.8 Å². The summed E-state index contributed by atoms with van der Waals surface area (Å²) in [7, 11) is 0. The number of nitrogens with zero attached hydrogens (tertiary/aromatic N) is 1. The minimum atomic E-state index is -0.539. The van der Waals surface area contributed by atoms with Crippen molar-refractivity contribution < 1.29 is 0 Å². The second-order valence-corrected chi connectivity index (χ2v) is 5.62. The van der Waals surface area contributed by atoms with Crippen molar-refractivity contribution in [1.29, 1.82) is 0 Å². The summed E-state index contributed by atoms with van der Waals surface area (Å²) in [5, 5.41) is 0. The first-order valence-corrected chi connectivity index (χ1v) is 7.07. The third-order valence-corrected chi connectivity index (χ3v) is 4.34. The van der Waals surface area contributed by atoms with Gasteiger partial charge in [0, 0.05) is 12.0 Å². The topological polar surface area (TPSA) is 120 Å². The Morgan fingerprint density at radius 2 is 1.75 bits per heavy atom. The number of aromatic amines is 3. The molecule has 0 radical (unpaired) electrons. The lowest BCUT2D eigenvalue weighted by molar-refractivity contribution is 0.362. The third-order valence-electron chi connectivity index (χ3n) is 4.34. The molecule has 1 aliphatic rings. The van der Waals surface area contributed by atoms with Gasteiger partial charge >= 0.3 is 5.69 Å². The van der Waals surface area contributed by atoms with Gasteiger partial charge in [0.25, 0.3) is 5.56 Å². The molecule has 0 bridgehead atoms. The van der Waals surface area contributed by atoms with Crippen LogP contribution in [0.1, 0.15) is 44.3 Å². The number of fused-ring (bicyclic) bond motifs is 1. The summed E-state index contributed by atoms with van der Waals surface area (Å²) in [5.41, 5.74) is 5.45. The van der Waals surface area contributed by atoms with E-state index in [-0.39, 0.29) is 5.41 Å². The fourth-order valence-corrected chi connectivity index (χ4v) is 3.13. The molecular formula is C13H19N5O2. The Morgan fingerprint density at radius 1 is 1.05 bits per heavy atom.